The molecule has 0 atom stereocenters. The first-order valence-electron chi connectivity index (χ1n) is 29.7. The van der Waals surface area contributed by atoms with E-state index in [-0.39, 0.29) is 0 Å². The summed E-state index contributed by atoms with van der Waals surface area (Å²) in [6.07, 6.45) is 0. The predicted octanol–water partition coefficient (Wildman–Crippen LogP) is 21.3. The van der Waals surface area contributed by atoms with Crippen LogP contribution in [0.2, 0.25) is 0 Å². The van der Waals surface area contributed by atoms with Gasteiger partial charge < -0.3 is 14.4 Å². The van der Waals surface area contributed by atoms with Crippen LogP contribution in [0.1, 0.15) is 0 Å². The van der Waals surface area contributed by atoms with Crippen molar-refractivity contribution in [1.29, 1.82) is 0 Å². The van der Waals surface area contributed by atoms with Crippen LogP contribution in [-0.4, -0.2) is 24.1 Å². The summed E-state index contributed by atoms with van der Waals surface area (Å²) in [5.74, 6) is 1.62. The number of anilines is 6. The first-order valence-corrected chi connectivity index (χ1v) is 29.7. The smallest absolute Gasteiger partial charge is 0.238 e. The highest BCUT2D eigenvalue weighted by Crippen LogP contribution is 2.43. The van der Waals surface area contributed by atoms with E-state index in [1.807, 2.05) is 0 Å². The maximum atomic E-state index is 5.55. The molecule has 7 heteroatoms. The number of hydrogen-bond donors (Lipinski definition) is 0. The van der Waals surface area contributed by atoms with E-state index in [0.29, 0.717) is 17.6 Å². The normalized spacial score (nSPS) is 11.4. The van der Waals surface area contributed by atoms with Crippen LogP contribution in [0, 0.1) is 0 Å². The lowest BCUT2D eigenvalue weighted by Crippen LogP contribution is -2.09. The van der Waals surface area contributed by atoms with Gasteiger partial charge in [0.1, 0.15) is 0 Å². The van der Waals surface area contributed by atoms with Gasteiger partial charge >= 0.3 is 0 Å². The largest absolute Gasteiger partial charge is 0.310 e. The minimum Gasteiger partial charge on any atom is -0.310 e. The SMILES string of the molecule is c1ccc(-c2cc(-c3ccccc3)cc(-c3cccc(-c4nc(-c5cccc(-n6c7ccccc7c7cc(N(c8ccccc8)c8ccccc8)ccc76)c5)nc(-n5c6ccccc6c6cc(N(c7ccccc7)c7ccccc7)ccc65)n4)c3)c2)cc1. The molecule has 0 saturated carbocycles. The molecular weight excluding hydrogens is 1070 g/mol. The Morgan fingerprint density at radius 3 is 1.02 bits per heavy atom. The second kappa shape index (κ2) is 22.2. The molecular formula is C81H55N7. The van der Waals surface area contributed by atoms with E-state index < -0.39 is 0 Å². The summed E-state index contributed by atoms with van der Waals surface area (Å²) < 4.78 is 4.58. The zero-order valence-corrected chi connectivity index (χ0v) is 47.9. The lowest BCUT2D eigenvalue weighted by Gasteiger charge is -2.25. The average molecular weight is 1130 g/mol. The van der Waals surface area contributed by atoms with E-state index in [1.54, 1.807) is 0 Å². The fraction of sp³-hybridized carbons (Fsp3) is 0. The number of rotatable bonds is 13. The van der Waals surface area contributed by atoms with Crippen LogP contribution in [0.15, 0.2) is 334 Å². The molecule has 0 aliphatic rings. The highest BCUT2D eigenvalue weighted by Gasteiger charge is 2.23. The summed E-state index contributed by atoms with van der Waals surface area (Å²) >= 11 is 0. The van der Waals surface area contributed by atoms with Crippen molar-refractivity contribution in [3.63, 3.8) is 0 Å². The average Bonchev–Trinajstić information content (AvgIpc) is 1.72. The van der Waals surface area contributed by atoms with Crippen molar-refractivity contribution in [2.45, 2.75) is 0 Å². The van der Waals surface area contributed by atoms with E-state index in [4.69, 9.17) is 15.0 Å². The maximum Gasteiger partial charge on any atom is 0.238 e. The number of fused-ring (bicyclic) bond motifs is 6. The fourth-order valence-electron chi connectivity index (χ4n) is 12.6. The lowest BCUT2D eigenvalue weighted by atomic mass is 9.93. The highest BCUT2D eigenvalue weighted by atomic mass is 15.2. The number of benzene rings is 13. The molecule has 0 unspecified atom stereocenters. The molecule has 0 amide bonds. The molecule has 0 aliphatic heterocycles. The summed E-state index contributed by atoms with van der Waals surface area (Å²) in [4.78, 5) is 21.2. The second-order valence-corrected chi connectivity index (χ2v) is 22.1. The molecule has 3 heterocycles. The molecule has 0 fully saturated rings. The van der Waals surface area contributed by atoms with Gasteiger partial charge in [0, 0.05) is 72.5 Å². The van der Waals surface area contributed by atoms with E-state index in [1.165, 1.54) is 0 Å². The summed E-state index contributed by atoms with van der Waals surface area (Å²) in [5.41, 5.74) is 20.0. The Hall–Kier alpha value is -11.9. The minimum atomic E-state index is 0.515. The van der Waals surface area contributed by atoms with Crippen molar-refractivity contribution >= 4 is 77.7 Å². The van der Waals surface area contributed by atoms with Gasteiger partial charge in [-0.3, -0.25) is 4.57 Å². The van der Waals surface area contributed by atoms with Gasteiger partial charge in [-0.1, -0.05) is 200 Å². The van der Waals surface area contributed by atoms with Crippen LogP contribution in [-0.2, 0) is 0 Å². The fourth-order valence-corrected chi connectivity index (χ4v) is 12.6. The molecule has 7 nitrogen and oxygen atoms in total. The molecule has 0 N–H and O–H groups in total. The zero-order chi connectivity index (χ0) is 58.3. The lowest BCUT2D eigenvalue weighted by molar-refractivity contribution is 0.953. The van der Waals surface area contributed by atoms with Gasteiger partial charge in [0.05, 0.1) is 22.1 Å². The Morgan fingerprint density at radius 1 is 0.205 bits per heavy atom. The summed E-state index contributed by atoms with van der Waals surface area (Å²) in [5, 5.41) is 4.47. The molecule has 0 saturated heterocycles. The third-order valence-electron chi connectivity index (χ3n) is 16.7. The topological polar surface area (TPSA) is 55.0 Å². The van der Waals surface area contributed by atoms with Crippen LogP contribution in [0.3, 0.4) is 0 Å². The van der Waals surface area contributed by atoms with Gasteiger partial charge in [0.15, 0.2) is 11.6 Å². The van der Waals surface area contributed by atoms with Crippen LogP contribution >= 0.6 is 0 Å². The highest BCUT2D eigenvalue weighted by molar-refractivity contribution is 6.12. The Morgan fingerprint density at radius 2 is 0.545 bits per heavy atom. The van der Waals surface area contributed by atoms with Gasteiger partial charge in [0.25, 0.3) is 0 Å². The summed E-state index contributed by atoms with van der Waals surface area (Å²) in [6, 6.07) is 118. The molecule has 16 rings (SSSR count). The molecule has 414 valence electrons. The number of aromatic nitrogens is 5. The molecule has 0 bridgehead atoms. The summed E-state index contributed by atoms with van der Waals surface area (Å²) in [6.45, 7) is 0. The van der Waals surface area contributed by atoms with E-state index in [9.17, 15) is 0 Å². The van der Waals surface area contributed by atoms with E-state index in [0.717, 1.165) is 128 Å². The van der Waals surface area contributed by atoms with Crippen molar-refractivity contribution in [2.24, 2.45) is 0 Å². The standard InChI is InChI=1S/C81H55N7/c1-7-25-56(26-8-1)61-50-62(57-27-9-2-10-28-57)52-63(51-61)58-29-23-30-59(49-58)79-82-80(84-81(83-79)88-76-44-22-20-42-72(76)74-55-70(46-48-78(74)88)86(66-36-15-5-16-37-66)67-38-17-6-18-39-67)60-31-24-40-68(53-60)87-75-43-21-19-41-71(75)73-54-69(45-47-77(73)87)85(64-32-11-3-12-33-64)65-34-13-4-14-35-65/h1-55H. The molecule has 88 heavy (non-hydrogen) atoms. The van der Waals surface area contributed by atoms with Crippen molar-refractivity contribution in [3.05, 3.63) is 334 Å². The van der Waals surface area contributed by atoms with E-state index in [2.05, 4.69) is 353 Å². The third-order valence-corrected chi connectivity index (χ3v) is 16.7. The van der Waals surface area contributed by atoms with E-state index >= 15 is 0 Å². The van der Waals surface area contributed by atoms with Gasteiger partial charge in [-0.2, -0.15) is 9.97 Å². The first kappa shape index (κ1) is 51.7. The Balaban J connectivity index is 0.878. The van der Waals surface area contributed by atoms with Crippen LogP contribution in [0.25, 0.3) is 111 Å². The van der Waals surface area contributed by atoms with Crippen molar-refractivity contribution in [1.82, 2.24) is 24.1 Å². The van der Waals surface area contributed by atoms with Crippen LogP contribution in [0.4, 0.5) is 34.1 Å². The Labute approximate surface area is 510 Å². The predicted molar refractivity (Wildman–Crippen MR) is 365 cm³/mol. The van der Waals surface area contributed by atoms with Crippen LogP contribution < -0.4 is 9.80 Å². The maximum absolute atomic E-state index is 5.55. The third kappa shape index (κ3) is 9.50. The second-order valence-electron chi connectivity index (χ2n) is 22.1. The molecule has 0 radical (unpaired) electrons. The first-order chi connectivity index (χ1) is 43.6. The van der Waals surface area contributed by atoms with Gasteiger partial charge in [-0.15, -0.1) is 0 Å². The quantitative estimate of drug-likeness (QED) is 0.115. The Bertz CT molecular complexity index is 5060. The number of hydrogen-bond acceptors (Lipinski definition) is 5. The minimum absolute atomic E-state index is 0.515. The van der Waals surface area contributed by atoms with Crippen molar-refractivity contribution in [3.8, 4) is 67.8 Å². The Kier molecular flexibility index (Phi) is 13.1. The number of nitrogens with zero attached hydrogens (tertiary/aromatic N) is 7. The molecule has 0 aliphatic carbocycles. The van der Waals surface area contributed by atoms with Gasteiger partial charge in [0.2, 0.25) is 5.95 Å². The van der Waals surface area contributed by atoms with Crippen molar-refractivity contribution in [2.75, 3.05) is 9.80 Å². The summed E-state index contributed by atoms with van der Waals surface area (Å²) in [7, 11) is 0. The monoisotopic (exact) mass is 1130 g/mol. The van der Waals surface area contributed by atoms with Gasteiger partial charge in [-0.25, -0.2) is 4.98 Å². The zero-order valence-electron chi connectivity index (χ0n) is 47.9. The molecule has 16 aromatic rings. The molecule has 0 spiro atoms. The molecule has 3 aromatic heterocycles. The van der Waals surface area contributed by atoms with Crippen LogP contribution in [0.5, 0.6) is 0 Å². The molecule has 13 aromatic carbocycles. The number of para-hydroxylation sites is 6. The van der Waals surface area contributed by atoms with Crippen molar-refractivity contribution < 1.29 is 0 Å². The van der Waals surface area contributed by atoms with Gasteiger partial charge in [-0.05, 0) is 167 Å².